The zero-order chi connectivity index (χ0) is 9.56. The van der Waals surface area contributed by atoms with E-state index in [1.807, 2.05) is 0 Å². The normalized spacial score (nSPS) is 7.17. The molecule has 0 aromatic rings. The van der Waals surface area contributed by atoms with Gasteiger partial charge >= 0.3 is 0 Å². The van der Waals surface area contributed by atoms with Gasteiger partial charge in [0.25, 0.3) is 0 Å². The molecule has 0 fully saturated rings. The van der Waals surface area contributed by atoms with Crippen LogP contribution in [0.3, 0.4) is 0 Å². The van der Waals surface area contributed by atoms with E-state index in [-0.39, 0.29) is 10.1 Å². The van der Waals surface area contributed by atoms with Crippen molar-refractivity contribution >= 4 is 15.9 Å². The van der Waals surface area contributed by atoms with Crippen LogP contribution in [-0.4, -0.2) is 0 Å². The first-order chi connectivity index (χ1) is 5.71. The molecule has 0 radical (unpaired) electrons. The number of nitriles is 4. The Balaban J connectivity index is 5.11. The van der Waals surface area contributed by atoms with E-state index in [1.54, 1.807) is 24.3 Å². The van der Waals surface area contributed by atoms with Gasteiger partial charge in [0.05, 0.1) is 16.6 Å². The Morgan fingerprint density at radius 1 is 1.00 bits per heavy atom. The van der Waals surface area contributed by atoms with Crippen molar-refractivity contribution in [2.75, 3.05) is 0 Å². The molecule has 0 spiro atoms. The summed E-state index contributed by atoms with van der Waals surface area (Å²) in [6.07, 6.45) is 0. The number of nitrogens with zero attached hydrogens (tertiary/aromatic N) is 4. The van der Waals surface area contributed by atoms with E-state index in [1.165, 1.54) is 0 Å². The Hall–Kier alpha value is -1.82. The highest BCUT2D eigenvalue weighted by atomic mass is 79.9. The Morgan fingerprint density at radius 3 is 1.67 bits per heavy atom. The molecule has 0 aromatic heterocycles. The first-order valence-electron chi connectivity index (χ1n) is 2.70. The van der Waals surface area contributed by atoms with Gasteiger partial charge in [-0.05, 0) is 0 Å². The lowest BCUT2D eigenvalue weighted by Gasteiger charge is -1.94. The van der Waals surface area contributed by atoms with E-state index in [0.717, 1.165) is 0 Å². The molecule has 0 atom stereocenters. The quantitative estimate of drug-likeness (QED) is 0.624. The SMILES string of the molecule is N#CC(C#N)=C(Br)C(C#N)C#N. The lowest BCUT2D eigenvalue weighted by Crippen LogP contribution is -1.94. The molecule has 12 heavy (non-hydrogen) atoms. The first-order valence-corrected chi connectivity index (χ1v) is 3.49. The van der Waals surface area contributed by atoms with E-state index in [4.69, 9.17) is 21.0 Å². The highest BCUT2D eigenvalue weighted by Gasteiger charge is 2.14. The lowest BCUT2D eigenvalue weighted by atomic mass is 10.1. The largest absolute Gasteiger partial charge is 0.196 e. The molecule has 0 rings (SSSR count). The molecule has 0 unspecified atom stereocenters. The summed E-state index contributed by atoms with van der Waals surface area (Å²) < 4.78 is 0.0255. The van der Waals surface area contributed by atoms with Crippen molar-refractivity contribution in [1.82, 2.24) is 0 Å². The standard InChI is InChI=1S/C7HBrN4/c8-7(5(1-9)2-10)6(3-11)4-12/h5H. The van der Waals surface area contributed by atoms with Crippen LogP contribution in [0.2, 0.25) is 0 Å². The summed E-state index contributed by atoms with van der Waals surface area (Å²) >= 11 is 2.84. The molecule has 0 amide bonds. The Morgan fingerprint density at radius 2 is 1.42 bits per heavy atom. The number of allylic oxidation sites excluding steroid dienone is 2. The van der Waals surface area contributed by atoms with Crippen LogP contribution in [0.1, 0.15) is 0 Å². The third-order valence-electron chi connectivity index (χ3n) is 0.974. The van der Waals surface area contributed by atoms with Gasteiger partial charge in [-0.2, -0.15) is 21.0 Å². The van der Waals surface area contributed by atoms with Crippen LogP contribution >= 0.6 is 15.9 Å². The van der Waals surface area contributed by atoms with Crippen molar-refractivity contribution < 1.29 is 0 Å². The number of hydrogen-bond donors (Lipinski definition) is 0. The maximum atomic E-state index is 8.38. The molecule has 4 nitrogen and oxygen atoms in total. The monoisotopic (exact) mass is 220 g/mol. The molecule has 0 saturated heterocycles. The highest BCUT2D eigenvalue weighted by Crippen LogP contribution is 2.20. The van der Waals surface area contributed by atoms with Gasteiger partial charge in [-0.15, -0.1) is 0 Å². The summed E-state index contributed by atoms with van der Waals surface area (Å²) in [4.78, 5) is 0. The van der Waals surface area contributed by atoms with Gasteiger partial charge in [-0.1, -0.05) is 15.9 Å². The second-order valence-corrected chi connectivity index (χ2v) is 2.49. The minimum atomic E-state index is -1.08. The Kier molecular flexibility index (Phi) is 4.17. The van der Waals surface area contributed by atoms with Crippen LogP contribution in [0.25, 0.3) is 0 Å². The van der Waals surface area contributed by atoms with E-state index in [9.17, 15) is 0 Å². The van der Waals surface area contributed by atoms with E-state index in [0.29, 0.717) is 0 Å². The van der Waals surface area contributed by atoms with Gasteiger partial charge in [0.15, 0.2) is 5.92 Å². The summed E-state index contributed by atoms with van der Waals surface area (Å²) in [6.45, 7) is 0. The molecule has 56 valence electrons. The third-order valence-corrected chi connectivity index (χ3v) is 1.83. The van der Waals surface area contributed by atoms with E-state index in [2.05, 4.69) is 15.9 Å². The molecule has 0 heterocycles. The first kappa shape index (κ1) is 10.2. The topological polar surface area (TPSA) is 95.2 Å². The lowest BCUT2D eigenvalue weighted by molar-refractivity contribution is 1.07. The minimum Gasteiger partial charge on any atom is -0.196 e. The zero-order valence-corrected chi connectivity index (χ0v) is 7.33. The van der Waals surface area contributed by atoms with Crippen LogP contribution in [0.15, 0.2) is 10.1 Å². The summed E-state index contributed by atoms with van der Waals surface area (Å²) in [6, 6.07) is 6.41. The van der Waals surface area contributed by atoms with Crippen molar-refractivity contribution in [1.29, 1.82) is 21.0 Å². The van der Waals surface area contributed by atoms with Crippen LogP contribution in [-0.2, 0) is 0 Å². The minimum absolute atomic E-state index is 0.0255. The fraction of sp³-hybridized carbons (Fsp3) is 0.143. The van der Waals surface area contributed by atoms with Crippen molar-refractivity contribution in [3.63, 3.8) is 0 Å². The summed E-state index contributed by atoms with van der Waals surface area (Å²) in [5.41, 5.74) is -0.247. The molecule has 0 aliphatic carbocycles. The smallest absolute Gasteiger partial charge is 0.166 e. The summed E-state index contributed by atoms with van der Waals surface area (Å²) in [7, 11) is 0. The fourth-order valence-corrected chi connectivity index (χ4v) is 0.800. The molecule has 0 aromatic carbocycles. The maximum absolute atomic E-state index is 8.38. The molecule has 0 bridgehead atoms. The van der Waals surface area contributed by atoms with Crippen molar-refractivity contribution in [2.24, 2.45) is 5.92 Å². The third kappa shape index (κ3) is 2.10. The zero-order valence-electron chi connectivity index (χ0n) is 5.74. The second-order valence-electron chi connectivity index (χ2n) is 1.64. The fourth-order valence-electron chi connectivity index (χ4n) is 0.418. The van der Waals surface area contributed by atoms with Gasteiger partial charge in [-0.3, -0.25) is 0 Å². The summed E-state index contributed by atoms with van der Waals surface area (Å²) in [5, 5.41) is 33.5. The number of halogens is 1. The molecule has 0 aliphatic heterocycles. The van der Waals surface area contributed by atoms with Crippen LogP contribution in [0.4, 0.5) is 0 Å². The predicted molar refractivity (Wildman–Crippen MR) is 41.9 cm³/mol. The average Bonchev–Trinajstić information content (AvgIpc) is 2.09. The van der Waals surface area contributed by atoms with Crippen LogP contribution < -0.4 is 0 Å². The Labute approximate surface area is 77.7 Å². The molecule has 0 aliphatic rings. The van der Waals surface area contributed by atoms with Gasteiger partial charge in [0, 0.05) is 0 Å². The molecule has 5 heteroatoms. The highest BCUT2D eigenvalue weighted by molar-refractivity contribution is 9.11. The molecule has 0 N–H and O–H groups in total. The summed E-state index contributed by atoms with van der Waals surface area (Å²) in [5.74, 6) is -1.08. The molecular weight excluding hydrogens is 220 g/mol. The van der Waals surface area contributed by atoms with Crippen molar-refractivity contribution in [2.45, 2.75) is 0 Å². The van der Waals surface area contributed by atoms with Gasteiger partial charge in [0.1, 0.15) is 17.7 Å². The van der Waals surface area contributed by atoms with E-state index < -0.39 is 5.92 Å². The molecular formula is C7HBrN4. The van der Waals surface area contributed by atoms with Crippen LogP contribution in [0, 0.1) is 51.2 Å². The van der Waals surface area contributed by atoms with Crippen molar-refractivity contribution in [3.05, 3.63) is 10.1 Å². The van der Waals surface area contributed by atoms with Crippen LogP contribution in [0.5, 0.6) is 0 Å². The second kappa shape index (κ2) is 4.91. The average molecular weight is 221 g/mol. The maximum Gasteiger partial charge on any atom is 0.166 e. The van der Waals surface area contributed by atoms with Gasteiger partial charge in [-0.25, -0.2) is 0 Å². The molecule has 0 saturated carbocycles. The van der Waals surface area contributed by atoms with E-state index >= 15 is 0 Å². The predicted octanol–water partition coefficient (Wildman–Crippen LogP) is 1.35. The van der Waals surface area contributed by atoms with Gasteiger partial charge in [0.2, 0.25) is 0 Å². The number of hydrogen-bond acceptors (Lipinski definition) is 4. The van der Waals surface area contributed by atoms with Crippen molar-refractivity contribution in [3.8, 4) is 24.3 Å². The van der Waals surface area contributed by atoms with Gasteiger partial charge < -0.3 is 0 Å². The Bertz CT molecular complexity index is 338. The number of rotatable bonds is 1.